The smallest absolute Gasteiger partial charge is 0.338 e. The van der Waals surface area contributed by atoms with Gasteiger partial charge in [-0.2, -0.15) is 29.9 Å². The molecule has 3 unspecified atom stereocenters. The summed E-state index contributed by atoms with van der Waals surface area (Å²) < 4.78 is 33.8. The van der Waals surface area contributed by atoms with Crippen molar-refractivity contribution in [2.45, 2.75) is 377 Å². The van der Waals surface area contributed by atoms with Gasteiger partial charge in [0.05, 0.1) is 73.0 Å². The number of carbonyl (C=O) groups is 6. The molecule has 6 aromatic carbocycles. The van der Waals surface area contributed by atoms with Gasteiger partial charge in [-0.15, -0.1) is 0 Å². The molecule has 0 saturated carbocycles. The Morgan fingerprint density at radius 1 is 0.217 bits per heavy atom. The summed E-state index contributed by atoms with van der Waals surface area (Å²) in [5, 5.41) is 16.3. The van der Waals surface area contributed by atoms with Crippen LogP contribution in [0.1, 0.15) is 444 Å². The second-order valence-corrected chi connectivity index (χ2v) is 37.2. The fourth-order valence-corrected chi connectivity index (χ4v) is 16.3. The second kappa shape index (κ2) is 71.6. The van der Waals surface area contributed by atoms with Gasteiger partial charge < -0.3 is 55.0 Å². The predicted octanol–water partition coefficient (Wildman–Crippen LogP) is 31.7. The van der Waals surface area contributed by atoms with Crippen LogP contribution >= 0.6 is 0 Å². The summed E-state index contributed by atoms with van der Waals surface area (Å²) in [6.45, 7) is 22.1. The average Bonchev–Trinajstić information content (AvgIpc) is 0.830. The fraction of sp³-hybridized carbons (Fsp3) is 0.583. The monoisotopic (exact) mass is 1900 g/mol. The number of nitrogens with one attached hydrogen (secondary N) is 5. The van der Waals surface area contributed by atoms with Crippen LogP contribution in [0.15, 0.2) is 146 Å². The minimum Gasteiger partial charge on any atom is -0.462 e. The zero-order valence-corrected chi connectivity index (χ0v) is 85.6. The summed E-state index contributed by atoms with van der Waals surface area (Å²) in [4.78, 5) is 105. The van der Waals surface area contributed by atoms with Crippen molar-refractivity contribution in [1.82, 2.24) is 29.9 Å². The first kappa shape index (κ1) is 114. The van der Waals surface area contributed by atoms with E-state index in [1.165, 1.54) is 193 Å². The molecule has 138 heavy (non-hydrogen) atoms. The molecule has 756 valence electrons. The standard InChI is InChI=1S/C66H102N6O6.C49H67N5O6/c1-4-7-10-13-16-19-22-25-28-31-34-37-52-76-61(73)55-40-46-58(47-41-55)67-64-70-65(68-59-48-42-56(43-49-59)62(74)77-53-38-35-32-29-26-23-20-17-14-11-8-5-2)72-66(71-64)69-60-50-44-57(45-51-60)63(75)78-54-39-36-33-30-27-24-21-18-15-12-9-6-3;1-7-13-16-35(10-4)32-58-45(55)39-21-19-38(20-22-39)31-44-52-48(50-42-27-23-40(24-28-42)46(56)59-33-36(11-5)17-14-8-2)54-49(53-44)51-43-29-25-41(26-30-43)47(57)60-34-37(12-6)18-15-9-3/h40-51H,4-39,52-54H2,1-3H3,(H3,67,68,69,70,71,72);19-30,35-37H,7-18,31-34H2,1-6H3,(H2,50,51,52,53,54). The number of hydrogen-bond donors (Lipinski definition) is 5. The minimum absolute atomic E-state index is 0.244. The summed E-state index contributed by atoms with van der Waals surface area (Å²) in [7, 11) is 0. The number of hydrogen-bond acceptors (Lipinski definition) is 23. The molecule has 0 amide bonds. The van der Waals surface area contributed by atoms with Crippen LogP contribution in [0.4, 0.5) is 58.2 Å². The Bertz CT molecular complexity index is 4130. The highest BCUT2D eigenvalue weighted by atomic mass is 16.6. The van der Waals surface area contributed by atoms with Crippen LogP contribution in [0.25, 0.3) is 0 Å². The maximum Gasteiger partial charge on any atom is 0.338 e. The number of aromatic nitrogens is 6. The molecule has 0 aliphatic rings. The normalized spacial score (nSPS) is 11.7. The Balaban J connectivity index is 0.000000388. The number of benzene rings is 6. The Labute approximate surface area is 827 Å². The summed E-state index contributed by atoms with van der Waals surface area (Å²) in [6.07, 6.45) is 58.2. The van der Waals surface area contributed by atoms with E-state index in [-0.39, 0.29) is 53.7 Å². The quantitative estimate of drug-likeness (QED) is 0.0134. The van der Waals surface area contributed by atoms with Crippen molar-refractivity contribution in [1.29, 1.82) is 0 Å². The molecule has 8 aromatic rings. The highest BCUT2D eigenvalue weighted by Gasteiger charge is 2.21. The third kappa shape index (κ3) is 48.6. The summed E-state index contributed by atoms with van der Waals surface area (Å²) in [5.74, 6) is 0.812. The van der Waals surface area contributed by atoms with Crippen molar-refractivity contribution in [3.63, 3.8) is 0 Å². The molecular weight excluding hydrogens is 1730 g/mol. The molecule has 0 aliphatic heterocycles. The topological polar surface area (TPSA) is 295 Å². The van der Waals surface area contributed by atoms with E-state index in [0.717, 1.165) is 121 Å². The lowest BCUT2D eigenvalue weighted by molar-refractivity contribution is 0.0419. The molecule has 2 heterocycles. The van der Waals surface area contributed by atoms with Gasteiger partial charge in [-0.1, -0.05) is 344 Å². The maximum atomic E-state index is 12.9. The van der Waals surface area contributed by atoms with E-state index in [1.54, 1.807) is 133 Å². The second-order valence-electron chi connectivity index (χ2n) is 37.2. The molecule has 5 N–H and O–H groups in total. The molecule has 0 fully saturated rings. The molecule has 23 nitrogen and oxygen atoms in total. The number of carbonyl (C=O) groups excluding carboxylic acids is 6. The van der Waals surface area contributed by atoms with E-state index in [0.29, 0.717) is 143 Å². The molecule has 0 aliphatic carbocycles. The number of esters is 6. The third-order valence-corrected chi connectivity index (χ3v) is 25.4. The van der Waals surface area contributed by atoms with E-state index < -0.39 is 0 Å². The van der Waals surface area contributed by atoms with Crippen molar-refractivity contribution in [2.75, 3.05) is 66.2 Å². The van der Waals surface area contributed by atoms with Gasteiger partial charge in [0.15, 0.2) is 0 Å². The van der Waals surface area contributed by atoms with Gasteiger partial charge in [0, 0.05) is 34.9 Å². The largest absolute Gasteiger partial charge is 0.462 e. The third-order valence-electron chi connectivity index (χ3n) is 25.4. The van der Waals surface area contributed by atoms with Gasteiger partial charge in [-0.3, -0.25) is 0 Å². The van der Waals surface area contributed by atoms with Crippen LogP contribution < -0.4 is 26.6 Å². The molecule has 0 bridgehead atoms. The molecule has 0 radical (unpaired) electrons. The van der Waals surface area contributed by atoms with Crippen LogP contribution in [0.5, 0.6) is 0 Å². The van der Waals surface area contributed by atoms with Gasteiger partial charge in [0.1, 0.15) is 5.82 Å². The van der Waals surface area contributed by atoms with Gasteiger partial charge in [-0.25, -0.2) is 28.8 Å². The van der Waals surface area contributed by atoms with Crippen molar-refractivity contribution in [2.24, 2.45) is 17.8 Å². The Hall–Kier alpha value is -10.8. The SMILES string of the molecule is CCCCC(CC)COC(=O)c1ccc(Cc2nc(Nc3ccc(C(=O)OCC(CC)CCCC)cc3)nc(Nc3ccc(C(=O)OCC(CC)CCCC)cc3)n2)cc1.CCCCCCCCCCCCCCOC(=O)c1ccc(Nc2nc(Nc3ccc(C(=O)OCCCCCCCCCCCCCC)cc3)nc(Nc3ccc(C(=O)OCCCCCCCCCCCCCC)cc3)n2)cc1. The lowest BCUT2D eigenvalue weighted by Crippen LogP contribution is -2.14. The van der Waals surface area contributed by atoms with Crippen molar-refractivity contribution in [3.05, 3.63) is 190 Å². The number of anilines is 10. The number of nitrogens with zero attached hydrogens (tertiary/aromatic N) is 6. The number of unbranched alkanes of at least 4 members (excludes halogenated alkanes) is 36. The first-order valence-electron chi connectivity index (χ1n) is 53.5. The van der Waals surface area contributed by atoms with Gasteiger partial charge in [0.2, 0.25) is 29.7 Å². The van der Waals surface area contributed by atoms with Crippen LogP contribution in [-0.2, 0) is 34.8 Å². The molecule has 23 heteroatoms. The molecule has 8 rings (SSSR count). The zero-order valence-electron chi connectivity index (χ0n) is 85.6. The van der Waals surface area contributed by atoms with E-state index in [2.05, 4.69) is 109 Å². The van der Waals surface area contributed by atoms with Crippen molar-refractivity contribution >= 4 is 94.0 Å². The first-order valence-corrected chi connectivity index (χ1v) is 53.5. The van der Waals surface area contributed by atoms with E-state index >= 15 is 0 Å². The van der Waals surface area contributed by atoms with E-state index in [4.69, 9.17) is 38.4 Å². The Kier molecular flexibility index (Phi) is 59.2. The maximum absolute atomic E-state index is 12.9. The predicted molar refractivity (Wildman–Crippen MR) is 562 cm³/mol. The molecule has 0 spiro atoms. The van der Waals surface area contributed by atoms with Crippen LogP contribution in [-0.4, -0.2) is 105 Å². The van der Waals surface area contributed by atoms with Crippen LogP contribution in [0, 0.1) is 17.8 Å². The summed E-state index contributed by atoms with van der Waals surface area (Å²) in [5.41, 5.74) is 7.05. The molecule has 2 aromatic heterocycles. The van der Waals surface area contributed by atoms with Crippen molar-refractivity contribution in [3.8, 4) is 0 Å². The van der Waals surface area contributed by atoms with Gasteiger partial charge in [0.25, 0.3) is 0 Å². The van der Waals surface area contributed by atoms with Crippen LogP contribution in [0.2, 0.25) is 0 Å². The zero-order chi connectivity index (χ0) is 98.5. The van der Waals surface area contributed by atoms with Gasteiger partial charge in [-0.05, 0) is 195 Å². The Morgan fingerprint density at radius 3 is 0.601 bits per heavy atom. The average molecular weight is 1900 g/mol. The highest BCUT2D eigenvalue weighted by Crippen LogP contribution is 2.29. The van der Waals surface area contributed by atoms with Crippen LogP contribution in [0.3, 0.4) is 0 Å². The summed E-state index contributed by atoms with van der Waals surface area (Å²) in [6, 6.07) is 42.4. The van der Waals surface area contributed by atoms with E-state index in [1.807, 2.05) is 12.1 Å². The first-order chi connectivity index (χ1) is 67.5. The minimum atomic E-state index is -0.349. The highest BCUT2D eigenvalue weighted by molar-refractivity contribution is 5.93. The number of rotatable bonds is 75. The Morgan fingerprint density at radius 2 is 0.399 bits per heavy atom. The molecule has 3 atom stereocenters. The number of ether oxygens (including phenoxy) is 6. The van der Waals surface area contributed by atoms with E-state index in [9.17, 15) is 28.8 Å². The molecule has 0 saturated heterocycles. The summed E-state index contributed by atoms with van der Waals surface area (Å²) >= 11 is 0. The van der Waals surface area contributed by atoms with Crippen molar-refractivity contribution < 1.29 is 57.2 Å². The fourth-order valence-electron chi connectivity index (χ4n) is 16.3. The van der Waals surface area contributed by atoms with Gasteiger partial charge >= 0.3 is 35.8 Å². The lowest BCUT2D eigenvalue weighted by atomic mass is 10.0. The lowest BCUT2D eigenvalue weighted by Gasteiger charge is -2.15. The molecular formula is C115H169N11O12.